The van der Waals surface area contributed by atoms with E-state index in [0.29, 0.717) is 0 Å². The quantitative estimate of drug-likeness (QED) is 0.623. The summed E-state index contributed by atoms with van der Waals surface area (Å²) in [6.45, 7) is 6.39. The first-order valence-corrected chi connectivity index (χ1v) is 4.58. The van der Waals surface area contributed by atoms with Crippen molar-refractivity contribution >= 4 is 27.3 Å². The molecule has 0 aliphatic rings. The highest BCUT2D eigenvalue weighted by Gasteiger charge is 2.01. The van der Waals surface area contributed by atoms with Crippen molar-refractivity contribution in [3.8, 4) is 0 Å². The predicted octanol–water partition coefficient (Wildman–Crippen LogP) is 2.25. The molecule has 0 fully saturated rings. The lowest BCUT2D eigenvalue weighted by molar-refractivity contribution is 1.35. The maximum Gasteiger partial charge on any atom is 0.244 e. The molecule has 0 aliphatic carbocycles. The molecule has 1 aromatic rings. The zero-order valence-electron chi connectivity index (χ0n) is 7.11. The maximum absolute atomic E-state index is 3.36. The molecule has 0 heterocycles. The lowest BCUT2D eigenvalue weighted by atomic mass is 9.85. The van der Waals surface area contributed by atoms with Crippen molar-refractivity contribution in [3.63, 3.8) is 0 Å². The second-order valence-electron chi connectivity index (χ2n) is 2.92. The Morgan fingerprint density at radius 1 is 1.09 bits per heavy atom. The Morgan fingerprint density at radius 2 is 1.55 bits per heavy atom. The molecule has 57 valence electrons. The monoisotopic (exact) mass is 209 g/mol. The molecule has 0 atom stereocenters. The Balaban J connectivity index is 3.25. The van der Waals surface area contributed by atoms with Crippen LogP contribution in [0.5, 0.6) is 0 Å². The van der Waals surface area contributed by atoms with Gasteiger partial charge in [0.1, 0.15) is 0 Å². The second-order valence-corrected chi connectivity index (χ2v) is 3.38. The molecule has 0 aliphatic heterocycles. The zero-order chi connectivity index (χ0) is 8.43. The SMILES string of the molecule is Cc1cc(C)c([B]Br)c(C)c1. The fourth-order valence-corrected chi connectivity index (χ4v) is 2.09. The molecule has 0 nitrogen and oxygen atoms in total. The largest absolute Gasteiger partial charge is 0.244 e. The lowest BCUT2D eigenvalue weighted by Crippen LogP contribution is -2.16. The molecule has 1 aromatic carbocycles. The van der Waals surface area contributed by atoms with Crippen LogP contribution in [0.15, 0.2) is 12.1 Å². The van der Waals surface area contributed by atoms with Crippen LogP contribution in [0.1, 0.15) is 16.7 Å². The molecular weight excluding hydrogens is 199 g/mol. The number of hydrogen-bond donors (Lipinski definition) is 0. The van der Waals surface area contributed by atoms with Crippen LogP contribution >= 0.6 is 15.8 Å². The molecule has 1 radical (unpaired) electrons. The fourth-order valence-electron chi connectivity index (χ4n) is 1.36. The molecule has 0 bridgehead atoms. The van der Waals surface area contributed by atoms with Crippen molar-refractivity contribution in [3.05, 3.63) is 28.8 Å². The van der Waals surface area contributed by atoms with Gasteiger partial charge in [-0.1, -0.05) is 34.3 Å². The van der Waals surface area contributed by atoms with Crippen LogP contribution in [-0.2, 0) is 0 Å². The molecule has 0 saturated heterocycles. The minimum atomic E-state index is 1.30. The number of aryl methyl sites for hydroxylation is 3. The Labute approximate surface area is 77.2 Å². The Kier molecular flexibility index (Phi) is 2.77. The number of rotatable bonds is 1. The van der Waals surface area contributed by atoms with Gasteiger partial charge in [-0.3, -0.25) is 0 Å². The average Bonchev–Trinajstić information content (AvgIpc) is 1.85. The van der Waals surface area contributed by atoms with Crippen LogP contribution in [0.25, 0.3) is 0 Å². The zero-order valence-corrected chi connectivity index (χ0v) is 8.70. The number of hydrogen-bond acceptors (Lipinski definition) is 0. The van der Waals surface area contributed by atoms with Crippen molar-refractivity contribution in [2.24, 2.45) is 0 Å². The summed E-state index contributed by atoms with van der Waals surface area (Å²) in [6, 6.07) is 4.39. The van der Waals surface area contributed by atoms with E-state index in [4.69, 9.17) is 0 Å². The van der Waals surface area contributed by atoms with Crippen molar-refractivity contribution in [2.75, 3.05) is 0 Å². The topological polar surface area (TPSA) is 0 Å². The smallest absolute Gasteiger partial charge is 0.158 e. The summed E-state index contributed by atoms with van der Waals surface area (Å²) in [7, 11) is 0. The van der Waals surface area contributed by atoms with E-state index in [2.05, 4.69) is 48.7 Å². The van der Waals surface area contributed by atoms with Crippen LogP contribution in [0, 0.1) is 20.8 Å². The molecule has 0 N–H and O–H groups in total. The highest BCUT2D eigenvalue weighted by molar-refractivity contribution is 9.23. The molecule has 0 unspecified atom stereocenters. The van der Waals surface area contributed by atoms with E-state index >= 15 is 0 Å². The van der Waals surface area contributed by atoms with Gasteiger partial charge in [-0.05, 0) is 20.8 Å². The van der Waals surface area contributed by atoms with Crippen molar-refractivity contribution in [1.82, 2.24) is 0 Å². The van der Waals surface area contributed by atoms with Crippen molar-refractivity contribution in [1.29, 1.82) is 0 Å². The average molecular weight is 210 g/mol. The van der Waals surface area contributed by atoms with Crippen molar-refractivity contribution in [2.45, 2.75) is 20.8 Å². The van der Waals surface area contributed by atoms with Crippen LogP contribution in [0.4, 0.5) is 0 Å². The first-order chi connectivity index (χ1) is 5.15. The summed E-state index contributed by atoms with van der Waals surface area (Å²) in [5, 5.41) is 0. The Morgan fingerprint density at radius 3 is 1.91 bits per heavy atom. The predicted molar refractivity (Wildman–Crippen MR) is 55.0 cm³/mol. The lowest BCUT2D eigenvalue weighted by Gasteiger charge is -2.06. The fraction of sp³-hybridized carbons (Fsp3) is 0.333. The third kappa shape index (κ3) is 1.87. The highest BCUT2D eigenvalue weighted by Crippen LogP contribution is 2.05. The molecule has 0 spiro atoms. The number of benzene rings is 1. The maximum atomic E-state index is 3.36. The molecular formula is C9H11BBr. The van der Waals surface area contributed by atoms with Gasteiger partial charge in [-0.25, -0.2) is 0 Å². The van der Waals surface area contributed by atoms with Gasteiger partial charge in [0, 0.05) is 0 Å². The number of halogens is 1. The highest BCUT2D eigenvalue weighted by atomic mass is 79.9. The molecule has 0 saturated carbocycles. The summed E-state index contributed by atoms with van der Waals surface area (Å²) < 4.78 is 0. The van der Waals surface area contributed by atoms with E-state index in [0.717, 1.165) is 0 Å². The normalized spacial score (nSPS) is 9.82. The summed E-state index contributed by atoms with van der Waals surface area (Å²) in [4.78, 5) is 0. The standard InChI is InChI=1S/C9H11BBr/c1-6-4-7(2)9(10-11)8(3)5-6/h4-5H,1-3H3. The van der Waals surface area contributed by atoms with E-state index in [1.807, 2.05) is 6.10 Å². The van der Waals surface area contributed by atoms with E-state index in [1.54, 1.807) is 0 Å². The van der Waals surface area contributed by atoms with Gasteiger partial charge in [-0.15, -0.1) is 0 Å². The summed E-state index contributed by atoms with van der Waals surface area (Å²) in [5.41, 5.74) is 5.30. The van der Waals surface area contributed by atoms with E-state index in [1.165, 1.54) is 22.2 Å². The van der Waals surface area contributed by atoms with Crippen molar-refractivity contribution < 1.29 is 0 Å². The van der Waals surface area contributed by atoms with Gasteiger partial charge in [0.15, 0.2) is 0 Å². The van der Waals surface area contributed by atoms with Gasteiger partial charge >= 0.3 is 0 Å². The van der Waals surface area contributed by atoms with Crippen LogP contribution < -0.4 is 5.46 Å². The molecule has 0 amide bonds. The van der Waals surface area contributed by atoms with Crippen LogP contribution in [0.3, 0.4) is 0 Å². The van der Waals surface area contributed by atoms with Crippen LogP contribution in [-0.4, -0.2) is 6.10 Å². The molecule has 2 heteroatoms. The van der Waals surface area contributed by atoms with E-state index < -0.39 is 0 Å². The first kappa shape index (κ1) is 8.86. The third-order valence-corrected chi connectivity index (χ3v) is 2.30. The van der Waals surface area contributed by atoms with Gasteiger partial charge < -0.3 is 0 Å². The Bertz CT molecular complexity index is 245. The summed E-state index contributed by atoms with van der Waals surface area (Å²) >= 11 is 3.36. The minimum Gasteiger partial charge on any atom is -0.158 e. The van der Waals surface area contributed by atoms with E-state index in [-0.39, 0.29) is 0 Å². The summed E-state index contributed by atoms with van der Waals surface area (Å²) in [5.74, 6) is 0. The first-order valence-electron chi connectivity index (χ1n) is 3.66. The second kappa shape index (κ2) is 3.44. The summed E-state index contributed by atoms with van der Waals surface area (Å²) in [6.07, 6.45) is 1.98. The van der Waals surface area contributed by atoms with Gasteiger partial charge in [0.2, 0.25) is 6.10 Å². The van der Waals surface area contributed by atoms with Gasteiger partial charge in [0.25, 0.3) is 0 Å². The van der Waals surface area contributed by atoms with Gasteiger partial charge in [0.05, 0.1) is 0 Å². The Hall–Kier alpha value is -0.235. The molecule has 0 aromatic heterocycles. The molecule has 1 rings (SSSR count). The van der Waals surface area contributed by atoms with Crippen LogP contribution in [0.2, 0.25) is 0 Å². The minimum absolute atomic E-state index is 1.30. The van der Waals surface area contributed by atoms with Gasteiger partial charge in [-0.2, -0.15) is 15.8 Å². The van der Waals surface area contributed by atoms with E-state index in [9.17, 15) is 0 Å². The third-order valence-electron chi connectivity index (χ3n) is 1.85. The molecule has 11 heavy (non-hydrogen) atoms.